The molecule has 15 heteroatoms. The molecule has 3 aromatic rings. The topological polar surface area (TPSA) is 114 Å². The molecule has 2 aromatic heterocycles. The van der Waals surface area contributed by atoms with Gasteiger partial charge in [-0.15, -0.1) is 22.7 Å². The molecule has 1 atom stereocenters. The largest absolute Gasteiger partial charge is 0.404 e. The molecule has 0 spiro atoms. The molecule has 2 N–H and O–H groups in total. The van der Waals surface area contributed by atoms with Gasteiger partial charge < -0.3 is 0 Å². The van der Waals surface area contributed by atoms with Crippen molar-refractivity contribution >= 4 is 49.4 Å². The number of hydrogen-bond acceptors (Lipinski definition) is 9. The normalized spacial score (nSPS) is 13.4. The number of sulfonamides is 1. The summed E-state index contributed by atoms with van der Waals surface area (Å²) in [7, 11) is -7.79. The lowest BCUT2D eigenvalue weighted by Crippen LogP contribution is -2.37. The lowest BCUT2D eigenvalue weighted by atomic mass is 10.0. The molecule has 0 unspecified atom stereocenters. The van der Waals surface area contributed by atoms with Crippen LogP contribution in [0.5, 0.6) is 0 Å². The van der Waals surface area contributed by atoms with Gasteiger partial charge in [-0.25, -0.2) is 32.0 Å². The third-order valence-corrected chi connectivity index (χ3v) is 7.41. The van der Waals surface area contributed by atoms with Crippen LogP contribution in [0.1, 0.15) is 17.3 Å². The Bertz CT molecular complexity index is 1200. The maximum atomic E-state index is 12.7. The Balaban J connectivity index is 1.83. The van der Waals surface area contributed by atoms with Crippen molar-refractivity contribution in [3.8, 4) is 9.88 Å². The van der Waals surface area contributed by atoms with Gasteiger partial charge in [0.15, 0.2) is 5.75 Å². The Hall–Kier alpha value is -2.04. The first-order valence-electron chi connectivity index (χ1n) is 8.73. The summed E-state index contributed by atoms with van der Waals surface area (Å²) in [6.07, 6.45) is -4.88. The van der Waals surface area contributed by atoms with Crippen LogP contribution in [0.2, 0.25) is 0 Å². The van der Waals surface area contributed by atoms with Crippen LogP contribution in [0, 0.1) is 0 Å². The van der Waals surface area contributed by atoms with Gasteiger partial charge in [0.2, 0.25) is 10.0 Å². The first kappa shape index (κ1) is 24.6. The van der Waals surface area contributed by atoms with Crippen molar-refractivity contribution < 1.29 is 34.3 Å². The van der Waals surface area contributed by atoms with Crippen LogP contribution in [0.4, 0.5) is 18.9 Å². The van der Waals surface area contributed by atoms with Gasteiger partial charge in [-0.05, 0) is 35.6 Å². The maximum absolute atomic E-state index is 12.7. The van der Waals surface area contributed by atoms with Crippen LogP contribution in [0.25, 0.3) is 9.88 Å². The summed E-state index contributed by atoms with van der Waals surface area (Å²) in [5, 5.41) is 4.07. The number of benzene rings is 1. The number of halogens is 3. The molecular formula is C17H16F3N3O5S4. The van der Waals surface area contributed by atoms with E-state index in [9.17, 15) is 30.0 Å². The highest BCUT2D eigenvalue weighted by Crippen LogP contribution is 2.31. The number of thiophene rings is 1. The lowest BCUT2D eigenvalue weighted by Gasteiger charge is -2.18. The molecule has 0 aliphatic rings. The van der Waals surface area contributed by atoms with Crippen molar-refractivity contribution in [1.29, 1.82) is 0 Å². The van der Waals surface area contributed by atoms with E-state index in [-0.39, 0.29) is 12.1 Å². The summed E-state index contributed by atoms with van der Waals surface area (Å²) in [5.74, 6) is -2.01. The molecule has 0 saturated heterocycles. The van der Waals surface area contributed by atoms with Gasteiger partial charge in [-0.3, -0.25) is 0 Å². The van der Waals surface area contributed by atoms with E-state index in [2.05, 4.69) is 19.5 Å². The van der Waals surface area contributed by atoms with Gasteiger partial charge in [-0.2, -0.15) is 17.5 Å². The van der Waals surface area contributed by atoms with Crippen LogP contribution in [0.15, 0.2) is 47.2 Å². The monoisotopic (exact) mass is 527 g/mol. The molecule has 0 bridgehead atoms. The average molecular weight is 528 g/mol. The van der Waals surface area contributed by atoms with E-state index in [1.807, 2.05) is 17.5 Å². The van der Waals surface area contributed by atoms with Crippen LogP contribution in [-0.4, -0.2) is 33.7 Å². The van der Waals surface area contributed by atoms with Crippen molar-refractivity contribution in [2.24, 2.45) is 0 Å². The SMILES string of the molecule is O=[SH](=O)ONc1ccc(C[C@H](NS(=O)(=O)CC(F)(F)F)c2csc(-c3cccs3)n2)cc1. The highest BCUT2D eigenvalue weighted by molar-refractivity contribution is 7.89. The van der Waals surface area contributed by atoms with E-state index in [1.54, 1.807) is 17.5 Å². The first-order chi connectivity index (χ1) is 15.0. The summed E-state index contributed by atoms with van der Waals surface area (Å²) in [4.78, 5) is 5.27. The van der Waals surface area contributed by atoms with E-state index < -0.39 is 39.0 Å². The Kier molecular flexibility index (Phi) is 7.89. The van der Waals surface area contributed by atoms with Crippen molar-refractivity contribution in [3.05, 3.63) is 58.4 Å². The van der Waals surface area contributed by atoms with E-state index >= 15 is 0 Å². The molecule has 0 aliphatic heterocycles. The molecule has 174 valence electrons. The minimum absolute atomic E-state index is 0.0155. The Morgan fingerprint density at radius 2 is 1.84 bits per heavy atom. The first-order valence-corrected chi connectivity index (χ1v) is 13.2. The Labute approximate surface area is 191 Å². The second-order valence-corrected chi connectivity index (χ2v) is 10.6. The number of nitrogens with zero attached hydrogens (tertiary/aromatic N) is 1. The maximum Gasteiger partial charge on any atom is 0.404 e. The van der Waals surface area contributed by atoms with Crippen molar-refractivity contribution in [2.75, 3.05) is 11.2 Å². The van der Waals surface area contributed by atoms with Gasteiger partial charge in [-0.1, -0.05) is 18.2 Å². The highest BCUT2D eigenvalue weighted by Gasteiger charge is 2.36. The highest BCUT2D eigenvalue weighted by atomic mass is 32.2. The van der Waals surface area contributed by atoms with Crippen LogP contribution < -0.4 is 10.2 Å². The number of nitrogens with one attached hydrogen (secondary N) is 2. The molecule has 32 heavy (non-hydrogen) atoms. The molecule has 0 amide bonds. The summed E-state index contributed by atoms with van der Waals surface area (Å²) in [6, 6.07) is 8.69. The predicted octanol–water partition coefficient (Wildman–Crippen LogP) is 3.51. The third kappa shape index (κ3) is 7.53. The molecule has 0 aliphatic carbocycles. The van der Waals surface area contributed by atoms with E-state index in [1.165, 1.54) is 34.8 Å². The van der Waals surface area contributed by atoms with E-state index in [0.717, 1.165) is 4.88 Å². The molecule has 3 rings (SSSR count). The minimum atomic E-state index is -4.89. The number of anilines is 1. The second kappa shape index (κ2) is 10.3. The quantitative estimate of drug-likeness (QED) is 0.273. The Morgan fingerprint density at radius 1 is 1.12 bits per heavy atom. The summed E-state index contributed by atoms with van der Waals surface area (Å²) in [5.41, 5.74) is 3.38. The zero-order valence-corrected chi connectivity index (χ0v) is 19.2. The number of aromatic nitrogens is 1. The zero-order chi connectivity index (χ0) is 23.4. The van der Waals surface area contributed by atoms with Gasteiger partial charge in [0.1, 0.15) is 5.01 Å². The fourth-order valence-corrected chi connectivity index (χ4v) is 5.69. The number of thiazole rings is 1. The van der Waals surface area contributed by atoms with Gasteiger partial charge in [0.05, 0.1) is 22.3 Å². The summed E-state index contributed by atoms with van der Waals surface area (Å²) >= 11 is 2.69. The summed E-state index contributed by atoms with van der Waals surface area (Å²) in [6.45, 7) is 0. The second-order valence-electron chi connectivity index (χ2n) is 6.42. The number of rotatable bonds is 10. The molecule has 0 saturated carbocycles. The van der Waals surface area contributed by atoms with Gasteiger partial charge in [0, 0.05) is 5.38 Å². The van der Waals surface area contributed by atoms with Crippen molar-refractivity contribution in [3.63, 3.8) is 0 Å². The fourth-order valence-electron chi connectivity index (χ4n) is 2.67. The van der Waals surface area contributed by atoms with Crippen LogP contribution >= 0.6 is 22.7 Å². The van der Waals surface area contributed by atoms with E-state index in [0.29, 0.717) is 16.3 Å². The average Bonchev–Trinajstić information content (AvgIpc) is 3.36. The molecule has 8 nitrogen and oxygen atoms in total. The Morgan fingerprint density at radius 3 is 2.44 bits per heavy atom. The standard InChI is InChI=1S/C17H16F3N3O5S4/c18-17(19,20)10-32(26,27)23-13(14-9-30-16(21-14)15-2-1-7-29-15)8-11-3-5-12(6-4-11)22-28-31(24)25/h1-7,9,13,22-23,31H,8,10H2/t13-/m0/s1. The predicted molar refractivity (Wildman–Crippen MR) is 116 cm³/mol. The van der Waals surface area contributed by atoms with Crippen LogP contribution in [0.3, 0.4) is 0 Å². The molecule has 0 fully saturated rings. The smallest absolute Gasteiger partial charge is 0.250 e. The van der Waals surface area contributed by atoms with Crippen molar-refractivity contribution in [2.45, 2.75) is 18.6 Å². The zero-order valence-electron chi connectivity index (χ0n) is 15.9. The van der Waals surface area contributed by atoms with Gasteiger partial charge in [0.25, 0.3) is 11.0 Å². The molecule has 0 radical (unpaired) electrons. The number of hydrogen-bond donors (Lipinski definition) is 3. The summed E-state index contributed by atoms with van der Waals surface area (Å²) < 4.78 is 89.6. The minimum Gasteiger partial charge on any atom is -0.250 e. The van der Waals surface area contributed by atoms with Crippen molar-refractivity contribution in [1.82, 2.24) is 9.71 Å². The lowest BCUT2D eigenvalue weighted by molar-refractivity contribution is -0.106. The molecular weight excluding hydrogens is 511 g/mol. The molecule has 2 heterocycles. The molecule has 1 aromatic carbocycles. The van der Waals surface area contributed by atoms with Crippen LogP contribution in [-0.2, 0) is 31.7 Å². The third-order valence-electron chi connectivity index (χ3n) is 3.92. The number of alkyl halides is 3. The van der Waals surface area contributed by atoms with Gasteiger partial charge >= 0.3 is 6.18 Å². The van der Waals surface area contributed by atoms with E-state index in [4.69, 9.17) is 0 Å². The fraction of sp³-hybridized carbons (Fsp3) is 0.235. The number of thiol groups is 1.